The Kier molecular flexibility index (Phi) is 4.29. The van der Waals surface area contributed by atoms with Crippen LogP contribution in [0.4, 0.5) is 0 Å². The molecular weight excluding hydrogens is 180 g/mol. The van der Waals surface area contributed by atoms with Gasteiger partial charge in [-0.1, -0.05) is 44.3 Å². The number of rotatable bonds is 2. The van der Waals surface area contributed by atoms with Gasteiger partial charge in [0.05, 0.1) is 0 Å². The second kappa shape index (κ2) is 5.72. The van der Waals surface area contributed by atoms with E-state index >= 15 is 0 Å². The van der Waals surface area contributed by atoms with Crippen LogP contribution in [0, 0.1) is 17.8 Å². The summed E-state index contributed by atoms with van der Waals surface area (Å²) in [5.74, 6) is 3.10. The van der Waals surface area contributed by atoms with Crippen LogP contribution in [0.2, 0.25) is 0 Å². The molecule has 0 aromatic carbocycles. The van der Waals surface area contributed by atoms with Gasteiger partial charge in [0.25, 0.3) is 0 Å². The van der Waals surface area contributed by atoms with Gasteiger partial charge in [-0.15, -0.1) is 0 Å². The molecule has 2 fully saturated rings. The van der Waals surface area contributed by atoms with Crippen LogP contribution >= 0.6 is 0 Å². The number of allylic oxidation sites excluding steroid dienone is 2. The van der Waals surface area contributed by atoms with Crippen LogP contribution in [0.3, 0.4) is 0 Å². The summed E-state index contributed by atoms with van der Waals surface area (Å²) in [6.45, 7) is 2.16. The zero-order valence-corrected chi connectivity index (χ0v) is 10.3. The summed E-state index contributed by atoms with van der Waals surface area (Å²) in [5.41, 5.74) is 0. The Hall–Kier alpha value is -0.260. The van der Waals surface area contributed by atoms with Gasteiger partial charge in [-0.25, -0.2) is 0 Å². The lowest BCUT2D eigenvalue weighted by molar-refractivity contribution is 0.180. The van der Waals surface area contributed by atoms with E-state index in [-0.39, 0.29) is 0 Å². The molecule has 2 aliphatic carbocycles. The first-order valence-corrected chi connectivity index (χ1v) is 7.03. The molecule has 2 aliphatic rings. The first-order chi connectivity index (χ1) is 7.40. The summed E-state index contributed by atoms with van der Waals surface area (Å²) < 4.78 is 0. The number of hydrogen-bond acceptors (Lipinski definition) is 0. The molecule has 2 saturated carbocycles. The maximum absolute atomic E-state index is 2.43. The lowest BCUT2D eigenvalue weighted by atomic mass is 9.71. The fourth-order valence-electron chi connectivity index (χ4n) is 3.69. The smallest absolute Gasteiger partial charge is 0.0233 e. The summed E-state index contributed by atoms with van der Waals surface area (Å²) >= 11 is 0. The third-order valence-corrected chi connectivity index (χ3v) is 4.60. The van der Waals surface area contributed by atoms with Crippen molar-refractivity contribution >= 4 is 0 Å². The standard InChI is InChI=1S/C15H26/c1-2-6-13-9-11-15(12-10-13)14-7-4-3-5-8-14/h2,6,13-15H,3-5,7-12H2,1H3/b6-2+/t13-,15-. The van der Waals surface area contributed by atoms with Crippen molar-refractivity contribution in [2.24, 2.45) is 17.8 Å². The summed E-state index contributed by atoms with van der Waals surface area (Å²) in [4.78, 5) is 0. The fraction of sp³-hybridized carbons (Fsp3) is 0.867. The SMILES string of the molecule is C/C=C/[C@H]1CC[C@H](C2CCCCC2)CC1. The molecule has 0 unspecified atom stereocenters. The van der Waals surface area contributed by atoms with E-state index in [4.69, 9.17) is 0 Å². The Bertz CT molecular complexity index is 190. The van der Waals surface area contributed by atoms with Gasteiger partial charge in [-0.05, 0) is 50.4 Å². The monoisotopic (exact) mass is 206 g/mol. The van der Waals surface area contributed by atoms with E-state index in [2.05, 4.69) is 19.1 Å². The van der Waals surface area contributed by atoms with E-state index in [1.165, 1.54) is 44.9 Å². The molecule has 0 nitrogen and oxygen atoms in total. The lowest BCUT2D eigenvalue weighted by Crippen LogP contribution is -2.23. The zero-order valence-electron chi connectivity index (χ0n) is 10.3. The zero-order chi connectivity index (χ0) is 10.5. The first kappa shape index (κ1) is 11.2. The van der Waals surface area contributed by atoms with Crippen molar-refractivity contribution in [1.29, 1.82) is 0 Å². The average Bonchev–Trinajstić information content (AvgIpc) is 2.32. The fourth-order valence-corrected chi connectivity index (χ4v) is 3.69. The van der Waals surface area contributed by atoms with Crippen LogP contribution in [0.25, 0.3) is 0 Å². The maximum Gasteiger partial charge on any atom is -0.0233 e. The molecule has 0 aliphatic heterocycles. The minimum atomic E-state index is 0.912. The van der Waals surface area contributed by atoms with Gasteiger partial charge in [0.15, 0.2) is 0 Å². The van der Waals surface area contributed by atoms with Crippen LogP contribution < -0.4 is 0 Å². The van der Waals surface area contributed by atoms with E-state index < -0.39 is 0 Å². The Morgan fingerprint density at radius 2 is 1.33 bits per heavy atom. The highest BCUT2D eigenvalue weighted by molar-refractivity contribution is 4.90. The van der Waals surface area contributed by atoms with Crippen molar-refractivity contribution in [1.82, 2.24) is 0 Å². The largest absolute Gasteiger partial charge is 0.0914 e. The van der Waals surface area contributed by atoms with Crippen LogP contribution in [-0.2, 0) is 0 Å². The van der Waals surface area contributed by atoms with E-state index in [0.29, 0.717) is 0 Å². The highest BCUT2D eigenvalue weighted by Gasteiger charge is 2.27. The predicted octanol–water partition coefficient (Wildman–Crippen LogP) is 4.95. The van der Waals surface area contributed by atoms with E-state index in [0.717, 1.165) is 17.8 Å². The molecule has 0 heteroatoms. The van der Waals surface area contributed by atoms with Crippen LogP contribution in [0.5, 0.6) is 0 Å². The van der Waals surface area contributed by atoms with Crippen molar-refractivity contribution in [3.63, 3.8) is 0 Å². The molecule has 0 aromatic rings. The van der Waals surface area contributed by atoms with Gasteiger partial charge >= 0.3 is 0 Å². The molecule has 0 aromatic heterocycles. The normalized spacial score (nSPS) is 34.7. The number of hydrogen-bond donors (Lipinski definition) is 0. The Morgan fingerprint density at radius 1 is 0.733 bits per heavy atom. The van der Waals surface area contributed by atoms with Crippen LogP contribution in [0.15, 0.2) is 12.2 Å². The summed E-state index contributed by atoms with van der Waals surface area (Å²) in [7, 11) is 0. The summed E-state index contributed by atoms with van der Waals surface area (Å²) in [5, 5.41) is 0. The molecule has 86 valence electrons. The Balaban J connectivity index is 1.77. The minimum Gasteiger partial charge on any atom is -0.0914 e. The second-order valence-electron chi connectivity index (χ2n) is 5.60. The predicted molar refractivity (Wildman–Crippen MR) is 66.8 cm³/mol. The molecule has 0 saturated heterocycles. The second-order valence-corrected chi connectivity index (χ2v) is 5.60. The quantitative estimate of drug-likeness (QED) is 0.561. The topological polar surface area (TPSA) is 0 Å². The Morgan fingerprint density at radius 3 is 1.93 bits per heavy atom. The van der Waals surface area contributed by atoms with E-state index in [1.807, 2.05) is 0 Å². The summed E-state index contributed by atoms with van der Waals surface area (Å²) in [6.07, 6.45) is 18.2. The molecule has 15 heavy (non-hydrogen) atoms. The van der Waals surface area contributed by atoms with Gasteiger partial charge in [0.2, 0.25) is 0 Å². The van der Waals surface area contributed by atoms with Crippen molar-refractivity contribution in [3.05, 3.63) is 12.2 Å². The maximum atomic E-state index is 2.43. The molecule has 0 radical (unpaired) electrons. The van der Waals surface area contributed by atoms with E-state index in [1.54, 1.807) is 12.8 Å². The highest BCUT2D eigenvalue weighted by Crippen LogP contribution is 2.40. The highest BCUT2D eigenvalue weighted by atomic mass is 14.3. The van der Waals surface area contributed by atoms with Crippen molar-refractivity contribution in [3.8, 4) is 0 Å². The molecule has 0 bridgehead atoms. The Labute approximate surface area is 95.1 Å². The van der Waals surface area contributed by atoms with Crippen molar-refractivity contribution < 1.29 is 0 Å². The van der Waals surface area contributed by atoms with Gasteiger partial charge in [-0.2, -0.15) is 0 Å². The van der Waals surface area contributed by atoms with Crippen LogP contribution in [-0.4, -0.2) is 0 Å². The molecule has 2 rings (SSSR count). The van der Waals surface area contributed by atoms with E-state index in [9.17, 15) is 0 Å². The van der Waals surface area contributed by atoms with Gasteiger partial charge in [-0.3, -0.25) is 0 Å². The van der Waals surface area contributed by atoms with Crippen LogP contribution in [0.1, 0.15) is 64.7 Å². The van der Waals surface area contributed by atoms with Crippen molar-refractivity contribution in [2.45, 2.75) is 64.7 Å². The van der Waals surface area contributed by atoms with Gasteiger partial charge in [0, 0.05) is 0 Å². The minimum absolute atomic E-state index is 0.912. The molecular formula is C15H26. The average molecular weight is 206 g/mol. The van der Waals surface area contributed by atoms with Crippen molar-refractivity contribution in [2.75, 3.05) is 0 Å². The molecule has 0 N–H and O–H groups in total. The molecule has 0 spiro atoms. The summed E-state index contributed by atoms with van der Waals surface area (Å²) in [6, 6.07) is 0. The first-order valence-electron chi connectivity index (χ1n) is 7.03. The third kappa shape index (κ3) is 3.09. The molecule has 0 amide bonds. The molecule has 0 heterocycles. The third-order valence-electron chi connectivity index (χ3n) is 4.60. The van der Waals surface area contributed by atoms with Gasteiger partial charge in [0.1, 0.15) is 0 Å². The van der Waals surface area contributed by atoms with Gasteiger partial charge < -0.3 is 0 Å². The lowest BCUT2D eigenvalue weighted by Gasteiger charge is -2.35. The molecule has 0 atom stereocenters.